The van der Waals surface area contributed by atoms with Gasteiger partial charge >= 0.3 is 5.97 Å². The summed E-state index contributed by atoms with van der Waals surface area (Å²) in [5.41, 5.74) is 4.36. The van der Waals surface area contributed by atoms with Crippen LogP contribution < -0.4 is 14.9 Å². The number of nitriles is 1. The van der Waals surface area contributed by atoms with Gasteiger partial charge in [0.25, 0.3) is 11.2 Å². The molecule has 5 rings (SSSR count). The maximum Gasteiger partial charge on any atom is 0.338 e. The zero-order valence-electron chi connectivity index (χ0n) is 24.8. The zero-order valence-corrected chi connectivity index (χ0v) is 25.6. The number of fused-ring (bicyclic) bond motifs is 1. The predicted octanol–water partition coefficient (Wildman–Crippen LogP) is 4.50. The first kappa shape index (κ1) is 29.5. The first-order valence-electron chi connectivity index (χ1n) is 13.5. The molecule has 3 aromatic heterocycles. The van der Waals surface area contributed by atoms with Crippen molar-refractivity contribution in [2.45, 2.75) is 54.5 Å². The number of carbonyl (C=O) groups excluding carboxylic acids is 1. The van der Waals surface area contributed by atoms with E-state index >= 15 is 0 Å². The predicted molar refractivity (Wildman–Crippen MR) is 160 cm³/mol. The van der Waals surface area contributed by atoms with E-state index in [1.165, 1.54) is 10.6 Å². The molecule has 43 heavy (non-hydrogen) atoms. The van der Waals surface area contributed by atoms with Crippen molar-refractivity contribution >= 4 is 29.1 Å². The topological polar surface area (TPSA) is 146 Å². The molecular weight excluding hydrogens is 570 g/mol. The van der Waals surface area contributed by atoms with Gasteiger partial charge in [0, 0.05) is 28.6 Å². The molecule has 0 bridgehead atoms. The van der Waals surface area contributed by atoms with E-state index < -0.39 is 22.5 Å². The Labute approximate surface area is 250 Å². The monoisotopic (exact) mass is 599 g/mol. The molecule has 0 radical (unpaired) electrons. The Kier molecular flexibility index (Phi) is 7.54. The third kappa shape index (κ3) is 4.81. The standard InChI is InChI=1S/C31H29N5O6S/c1-8-41-30(38)26-18(5)33-31-35(27(26)21-10-9-15(2)24(12-21)36(39)40)28(37)25(43-31)13-22-11-16(3)34(19(22)6)29-23(14-32)17(4)20(7)42-29/h9-13,27H,8H2,1-7H3/b25-13+/t27-/m0/s1. The number of hydrogen-bond acceptors (Lipinski definition) is 9. The van der Waals surface area contributed by atoms with Gasteiger partial charge in [0.15, 0.2) is 4.80 Å². The Morgan fingerprint density at radius 2 is 1.95 bits per heavy atom. The molecule has 1 atom stereocenters. The molecule has 0 saturated heterocycles. The summed E-state index contributed by atoms with van der Waals surface area (Å²) < 4.78 is 14.9. The van der Waals surface area contributed by atoms with Crippen molar-refractivity contribution in [3.05, 3.63) is 110 Å². The maximum absolute atomic E-state index is 14.0. The zero-order chi connectivity index (χ0) is 31.3. The van der Waals surface area contributed by atoms with E-state index in [4.69, 9.17) is 9.15 Å². The van der Waals surface area contributed by atoms with Crippen molar-refractivity contribution in [1.82, 2.24) is 9.13 Å². The molecule has 12 heteroatoms. The van der Waals surface area contributed by atoms with Gasteiger partial charge in [-0.1, -0.05) is 23.5 Å². The lowest BCUT2D eigenvalue weighted by atomic mass is 9.94. The highest BCUT2D eigenvalue weighted by atomic mass is 32.1. The Hall–Kier alpha value is -5.02. The minimum absolute atomic E-state index is 0.110. The number of allylic oxidation sites excluding steroid dienone is 1. The van der Waals surface area contributed by atoms with Crippen LogP contribution in [0.4, 0.5) is 5.69 Å². The summed E-state index contributed by atoms with van der Waals surface area (Å²) in [5, 5.41) is 21.5. The number of nitro groups is 1. The van der Waals surface area contributed by atoms with Crippen LogP contribution in [0.15, 0.2) is 49.7 Å². The van der Waals surface area contributed by atoms with Crippen molar-refractivity contribution in [2.75, 3.05) is 6.61 Å². The molecular formula is C31H29N5O6S. The number of furan rings is 1. The molecule has 0 fully saturated rings. The number of nitrogens with zero attached hydrogens (tertiary/aromatic N) is 5. The lowest BCUT2D eigenvalue weighted by Crippen LogP contribution is -2.40. The number of rotatable bonds is 6. The molecule has 0 unspecified atom stereocenters. The molecule has 11 nitrogen and oxygen atoms in total. The average molecular weight is 600 g/mol. The number of carbonyl (C=O) groups is 1. The number of thiazole rings is 1. The van der Waals surface area contributed by atoms with Gasteiger partial charge in [0.05, 0.1) is 33.4 Å². The maximum atomic E-state index is 14.0. The van der Waals surface area contributed by atoms with E-state index in [9.17, 15) is 25.0 Å². The van der Waals surface area contributed by atoms with Crippen molar-refractivity contribution in [3.63, 3.8) is 0 Å². The second-order valence-electron chi connectivity index (χ2n) is 10.3. The number of aromatic nitrogens is 2. The first-order chi connectivity index (χ1) is 20.4. The number of nitro benzene ring substituents is 1. The van der Waals surface area contributed by atoms with E-state index in [0.29, 0.717) is 43.4 Å². The quantitative estimate of drug-likeness (QED) is 0.180. The molecule has 0 amide bonds. The van der Waals surface area contributed by atoms with Crippen molar-refractivity contribution < 1.29 is 18.9 Å². The lowest BCUT2D eigenvalue weighted by molar-refractivity contribution is -0.385. The summed E-state index contributed by atoms with van der Waals surface area (Å²) >= 11 is 1.16. The average Bonchev–Trinajstić information content (AvgIpc) is 3.52. The van der Waals surface area contributed by atoms with E-state index in [2.05, 4.69) is 11.1 Å². The summed E-state index contributed by atoms with van der Waals surface area (Å²) in [4.78, 5) is 43.4. The fourth-order valence-electron chi connectivity index (χ4n) is 5.39. The van der Waals surface area contributed by atoms with Crippen molar-refractivity contribution in [3.8, 4) is 12.0 Å². The lowest BCUT2D eigenvalue weighted by Gasteiger charge is -2.24. The summed E-state index contributed by atoms with van der Waals surface area (Å²) in [6.45, 7) is 12.5. The SMILES string of the molecule is CCOC(=O)C1=C(C)N=c2s/c(=C/c3cc(C)n(-c4oc(C)c(C)c4C#N)c3C)c(=O)n2[C@H]1c1ccc(C)c([N+](=O)[O-])c1. The van der Waals surface area contributed by atoms with Crippen LogP contribution in [0.2, 0.25) is 0 Å². The highest BCUT2D eigenvalue weighted by Gasteiger charge is 2.34. The summed E-state index contributed by atoms with van der Waals surface area (Å²) in [7, 11) is 0. The molecule has 220 valence electrons. The van der Waals surface area contributed by atoms with Gasteiger partial charge in [-0.2, -0.15) is 5.26 Å². The van der Waals surface area contributed by atoms with Gasteiger partial charge in [0.1, 0.15) is 17.4 Å². The van der Waals surface area contributed by atoms with Gasteiger partial charge in [-0.15, -0.1) is 0 Å². The number of ether oxygens (including phenoxy) is 1. The van der Waals surface area contributed by atoms with Gasteiger partial charge < -0.3 is 9.15 Å². The number of benzene rings is 1. The Morgan fingerprint density at radius 1 is 1.23 bits per heavy atom. The third-order valence-corrected chi connectivity index (χ3v) is 8.68. The molecule has 1 aliphatic heterocycles. The summed E-state index contributed by atoms with van der Waals surface area (Å²) in [6, 6.07) is 7.82. The van der Waals surface area contributed by atoms with E-state index in [1.54, 1.807) is 45.9 Å². The van der Waals surface area contributed by atoms with E-state index in [1.807, 2.05) is 31.4 Å². The summed E-state index contributed by atoms with van der Waals surface area (Å²) in [5.74, 6) is 0.425. The Bertz CT molecular complexity index is 2100. The van der Waals surface area contributed by atoms with Gasteiger partial charge in [0.2, 0.25) is 5.88 Å². The van der Waals surface area contributed by atoms with Gasteiger partial charge in [-0.05, 0) is 71.7 Å². The van der Waals surface area contributed by atoms with Crippen LogP contribution in [0.5, 0.6) is 0 Å². The second-order valence-corrected chi connectivity index (χ2v) is 11.4. The van der Waals surface area contributed by atoms with Crippen molar-refractivity contribution in [2.24, 2.45) is 4.99 Å². The van der Waals surface area contributed by atoms with Crippen LogP contribution in [0, 0.1) is 56.1 Å². The fourth-order valence-corrected chi connectivity index (χ4v) is 6.42. The second kappa shape index (κ2) is 11.0. The van der Waals surface area contributed by atoms with Gasteiger partial charge in [-0.3, -0.25) is 24.0 Å². The molecule has 4 aromatic rings. The van der Waals surface area contributed by atoms with E-state index in [0.717, 1.165) is 33.9 Å². The first-order valence-corrected chi connectivity index (χ1v) is 14.3. The van der Waals surface area contributed by atoms with Crippen LogP contribution in [0.3, 0.4) is 0 Å². The third-order valence-electron chi connectivity index (χ3n) is 7.70. The van der Waals surface area contributed by atoms with Crippen LogP contribution >= 0.6 is 11.3 Å². The molecule has 0 spiro atoms. The van der Waals surface area contributed by atoms with Crippen molar-refractivity contribution in [1.29, 1.82) is 5.26 Å². The minimum Gasteiger partial charge on any atom is -0.463 e. The fraction of sp³-hybridized carbons (Fsp3) is 0.290. The van der Waals surface area contributed by atoms with E-state index in [-0.39, 0.29) is 17.9 Å². The highest BCUT2D eigenvalue weighted by molar-refractivity contribution is 7.07. The largest absolute Gasteiger partial charge is 0.463 e. The summed E-state index contributed by atoms with van der Waals surface area (Å²) in [6.07, 6.45) is 1.75. The molecule has 4 heterocycles. The van der Waals surface area contributed by atoms with Crippen LogP contribution in [-0.4, -0.2) is 26.6 Å². The molecule has 0 N–H and O–H groups in total. The number of hydrogen-bond donors (Lipinski definition) is 0. The Balaban J connectivity index is 1.73. The number of esters is 1. The Morgan fingerprint density at radius 3 is 2.60 bits per heavy atom. The van der Waals surface area contributed by atoms with Crippen LogP contribution in [0.1, 0.15) is 64.9 Å². The number of aryl methyl sites for hydroxylation is 3. The van der Waals surface area contributed by atoms with Gasteiger partial charge in [-0.25, -0.2) is 9.79 Å². The van der Waals surface area contributed by atoms with Crippen LogP contribution in [-0.2, 0) is 9.53 Å². The minimum atomic E-state index is -0.976. The molecule has 1 aliphatic rings. The highest BCUT2D eigenvalue weighted by Crippen LogP contribution is 2.34. The molecule has 1 aromatic carbocycles. The molecule has 0 aliphatic carbocycles. The smallest absolute Gasteiger partial charge is 0.338 e. The normalized spacial score (nSPS) is 14.8. The molecule has 0 saturated carbocycles. The van der Waals surface area contributed by atoms with Crippen LogP contribution in [0.25, 0.3) is 12.0 Å².